The molecule has 0 spiro atoms. The van der Waals surface area contributed by atoms with Crippen LogP contribution in [-0.2, 0) is 4.79 Å². The smallest absolute Gasteiger partial charge is 0.227 e. The zero-order valence-corrected chi connectivity index (χ0v) is 12.6. The molecule has 3 aromatic rings. The maximum Gasteiger partial charge on any atom is 0.227 e. The summed E-state index contributed by atoms with van der Waals surface area (Å²) < 4.78 is 0. The number of carbonyl (C=O) groups excluding carboxylic acids is 1. The molecule has 2 heterocycles. The molecule has 1 amide bonds. The van der Waals surface area contributed by atoms with Crippen LogP contribution < -0.4 is 10.6 Å². The highest BCUT2D eigenvalue weighted by molar-refractivity contribution is 5.95. The maximum atomic E-state index is 11.9. The van der Waals surface area contributed by atoms with E-state index in [1.54, 1.807) is 6.20 Å². The zero-order chi connectivity index (χ0) is 15.8. The Morgan fingerprint density at radius 3 is 2.91 bits per heavy atom. The van der Waals surface area contributed by atoms with Gasteiger partial charge in [-0.2, -0.15) is 5.10 Å². The number of carbonyl (C=O) groups is 1. The van der Waals surface area contributed by atoms with E-state index in [4.69, 9.17) is 0 Å². The summed E-state index contributed by atoms with van der Waals surface area (Å²) in [5.74, 6) is 1.62. The first kappa shape index (κ1) is 13.7. The Kier molecular flexibility index (Phi) is 3.18. The van der Waals surface area contributed by atoms with E-state index in [2.05, 4.69) is 30.8 Å². The molecule has 1 aliphatic carbocycles. The van der Waals surface area contributed by atoms with E-state index in [-0.39, 0.29) is 11.8 Å². The molecule has 23 heavy (non-hydrogen) atoms. The lowest BCUT2D eigenvalue weighted by atomic mass is 10.2. The van der Waals surface area contributed by atoms with Gasteiger partial charge in [0.25, 0.3) is 0 Å². The van der Waals surface area contributed by atoms with E-state index >= 15 is 0 Å². The molecular formula is C16H16N6O. The van der Waals surface area contributed by atoms with Gasteiger partial charge in [-0.3, -0.25) is 9.89 Å². The number of aromatic amines is 1. The average molecular weight is 308 g/mol. The highest BCUT2D eigenvalue weighted by Crippen LogP contribution is 2.31. The highest BCUT2D eigenvalue weighted by atomic mass is 16.2. The van der Waals surface area contributed by atoms with Crippen molar-refractivity contribution >= 4 is 34.1 Å². The second-order valence-electron chi connectivity index (χ2n) is 5.72. The van der Waals surface area contributed by atoms with Crippen molar-refractivity contribution in [2.75, 3.05) is 10.6 Å². The van der Waals surface area contributed by atoms with Gasteiger partial charge in [0.15, 0.2) is 5.65 Å². The second-order valence-corrected chi connectivity index (χ2v) is 5.72. The number of hydrogen-bond donors (Lipinski definition) is 3. The van der Waals surface area contributed by atoms with E-state index in [1.807, 2.05) is 31.2 Å². The van der Waals surface area contributed by atoms with Gasteiger partial charge in [0.05, 0.1) is 11.6 Å². The van der Waals surface area contributed by atoms with Crippen molar-refractivity contribution in [2.24, 2.45) is 5.92 Å². The number of amides is 1. The van der Waals surface area contributed by atoms with E-state index in [9.17, 15) is 4.79 Å². The first-order chi connectivity index (χ1) is 11.2. The molecule has 1 aliphatic rings. The van der Waals surface area contributed by atoms with Gasteiger partial charge in [-0.05, 0) is 38.0 Å². The minimum Gasteiger partial charge on any atom is -0.339 e. The first-order valence-electron chi connectivity index (χ1n) is 7.55. The number of hydrogen-bond acceptors (Lipinski definition) is 5. The molecule has 2 aromatic heterocycles. The van der Waals surface area contributed by atoms with Gasteiger partial charge in [0, 0.05) is 17.3 Å². The minimum absolute atomic E-state index is 0.0947. The number of aromatic nitrogens is 4. The van der Waals surface area contributed by atoms with Crippen LogP contribution in [0.4, 0.5) is 17.2 Å². The van der Waals surface area contributed by atoms with E-state index in [1.165, 1.54) is 0 Å². The molecule has 0 unspecified atom stereocenters. The van der Waals surface area contributed by atoms with Gasteiger partial charge in [-0.1, -0.05) is 6.07 Å². The largest absolute Gasteiger partial charge is 0.339 e. The zero-order valence-electron chi connectivity index (χ0n) is 12.6. The fourth-order valence-electron chi connectivity index (χ4n) is 2.44. The second kappa shape index (κ2) is 5.35. The quantitative estimate of drug-likeness (QED) is 0.689. The van der Waals surface area contributed by atoms with Crippen molar-refractivity contribution in [2.45, 2.75) is 19.8 Å². The lowest BCUT2D eigenvalue weighted by Gasteiger charge is -2.10. The van der Waals surface area contributed by atoms with E-state index < -0.39 is 0 Å². The summed E-state index contributed by atoms with van der Waals surface area (Å²) in [6.45, 7) is 1.83. The van der Waals surface area contributed by atoms with Crippen molar-refractivity contribution in [3.8, 4) is 0 Å². The molecule has 1 saturated carbocycles. The Bertz CT molecular complexity index is 883. The van der Waals surface area contributed by atoms with Gasteiger partial charge in [-0.15, -0.1) is 0 Å². The third kappa shape index (κ3) is 2.85. The Hall–Kier alpha value is -2.96. The molecule has 1 aromatic carbocycles. The average Bonchev–Trinajstić information content (AvgIpc) is 3.27. The van der Waals surface area contributed by atoms with Crippen LogP contribution in [0, 0.1) is 12.8 Å². The molecule has 0 bridgehead atoms. The highest BCUT2D eigenvalue weighted by Gasteiger charge is 2.29. The third-order valence-electron chi connectivity index (χ3n) is 3.76. The maximum absolute atomic E-state index is 11.9. The van der Waals surface area contributed by atoms with Crippen LogP contribution in [-0.4, -0.2) is 26.1 Å². The summed E-state index contributed by atoms with van der Waals surface area (Å²) in [6, 6.07) is 7.59. The molecule has 7 nitrogen and oxygen atoms in total. The van der Waals surface area contributed by atoms with Gasteiger partial charge in [0.1, 0.15) is 11.6 Å². The van der Waals surface area contributed by atoms with E-state index in [0.717, 1.165) is 29.6 Å². The van der Waals surface area contributed by atoms with Crippen LogP contribution in [0.1, 0.15) is 18.7 Å². The van der Waals surface area contributed by atoms with Crippen LogP contribution >= 0.6 is 0 Å². The number of H-pyrrole nitrogens is 1. The first-order valence-corrected chi connectivity index (χ1v) is 7.55. The molecule has 0 saturated heterocycles. The number of benzene rings is 1. The molecule has 4 rings (SSSR count). The van der Waals surface area contributed by atoms with Crippen LogP contribution in [0.5, 0.6) is 0 Å². The minimum atomic E-state index is 0.0947. The molecule has 0 aliphatic heterocycles. The Balaban J connectivity index is 1.60. The number of anilines is 3. The van der Waals surface area contributed by atoms with Crippen molar-refractivity contribution in [3.05, 3.63) is 36.3 Å². The van der Waals surface area contributed by atoms with Crippen LogP contribution in [0.15, 0.2) is 30.5 Å². The predicted octanol–water partition coefficient (Wildman–Crippen LogP) is 2.75. The summed E-state index contributed by atoms with van der Waals surface area (Å²) in [5.41, 5.74) is 2.32. The molecule has 0 atom stereocenters. The standard InChI is InChI=1S/C16H16N6O/c1-9-18-14(13-8-17-22-15(13)19-9)20-11-3-2-4-12(7-11)21-16(23)10-5-6-10/h2-4,7-8,10H,5-6H2,1H3,(H,21,23)(H2,17,18,19,20,22). The van der Waals surface area contributed by atoms with Crippen LogP contribution in [0.25, 0.3) is 11.0 Å². The number of aryl methyl sites for hydroxylation is 1. The lowest BCUT2D eigenvalue weighted by Crippen LogP contribution is -2.13. The van der Waals surface area contributed by atoms with Crippen molar-refractivity contribution < 1.29 is 4.79 Å². The summed E-state index contributed by atoms with van der Waals surface area (Å²) in [4.78, 5) is 20.6. The molecule has 0 radical (unpaired) electrons. The van der Waals surface area contributed by atoms with Crippen LogP contribution in [0.3, 0.4) is 0 Å². The molecule has 1 fully saturated rings. The normalized spacial score (nSPS) is 14.0. The van der Waals surface area contributed by atoms with Gasteiger partial charge in [-0.25, -0.2) is 9.97 Å². The SMILES string of the molecule is Cc1nc(Nc2cccc(NC(=O)C3CC3)c2)c2cn[nH]c2n1. The summed E-state index contributed by atoms with van der Waals surface area (Å²) in [6.07, 6.45) is 3.67. The molecule has 7 heteroatoms. The predicted molar refractivity (Wildman–Crippen MR) is 87.5 cm³/mol. The number of nitrogens with zero attached hydrogens (tertiary/aromatic N) is 3. The lowest BCUT2D eigenvalue weighted by molar-refractivity contribution is -0.117. The Morgan fingerprint density at radius 2 is 2.09 bits per heavy atom. The summed E-state index contributed by atoms with van der Waals surface area (Å²) in [5, 5.41) is 13.9. The van der Waals surface area contributed by atoms with Crippen molar-refractivity contribution in [3.63, 3.8) is 0 Å². The number of rotatable bonds is 4. The Labute approximate surface area is 132 Å². The fourth-order valence-corrected chi connectivity index (χ4v) is 2.44. The molecule has 116 valence electrons. The van der Waals surface area contributed by atoms with Gasteiger partial charge < -0.3 is 10.6 Å². The van der Waals surface area contributed by atoms with Crippen molar-refractivity contribution in [1.82, 2.24) is 20.2 Å². The number of fused-ring (bicyclic) bond motifs is 1. The third-order valence-corrected chi connectivity index (χ3v) is 3.76. The Morgan fingerprint density at radius 1 is 1.26 bits per heavy atom. The van der Waals surface area contributed by atoms with Gasteiger partial charge in [0.2, 0.25) is 5.91 Å². The van der Waals surface area contributed by atoms with Crippen molar-refractivity contribution in [1.29, 1.82) is 0 Å². The monoisotopic (exact) mass is 308 g/mol. The van der Waals surface area contributed by atoms with Crippen LogP contribution in [0.2, 0.25) is 0 Å². The van der Waals surface area contributed by atoms with E-state index in [0.29, 0.717) is 17.3 Å². The summed E-state index contributed by atoms with van der Waals surface area (Å²) >= 11 is 0. The molecular weight excluding hydrogens is 292 g/mol. The number of nitrogens with one attached hydrogen (secondary N) is 3. The molecule has 3 N–H and O–H groups in total. The van der Waals surface area contributed by atoms with Gasteiger partial charge >= 0.3 is 0 Å². The fraction of sp³-hybridized carbons (Fsp3) is 0.250. The summed E-state index contributed by atoms with van der Waals surface area (Å²) in [7, 11) is 0. The topological polar surface area (TPSA) is 95.6 Å².